The van der Waals surface area contributed by atoms with E-state index in [0.717, 1.165) is 35.6 Å². The largest absolute Gasteiger partial charge is 0.370 e. The maximum absolute atomic E-state index is 12.4. The Labute approximate surface area is 148 Å². The molecular formula is C20H26N4O. The number of fused-ring (bicyclic) bond motifs is 1. The molecule has 3 rings (SSSR count). The Morgan fingerprint density at radius 2 is 2.00 bits per heavy atom. The van der Waals surface area contributed by atoms with Crippen LogP contribution in [0.5, 0.6) is 0 Å². The van der Waals surface area contributed by atoms with E-state index in [4.69, 9.17) is 11.5 Å². The fourth-order valence-electron chi connectivity index (χ4n) is 3.81. The molecule has 5 heteroatoms. The number of aliphatic imine (C=N–C) groups is 1. The lowest BCUT2D eigenvalue weighted by molar-refractivity contribution is -0.118. The summed E-state index contributed by atoms with van der Waals surface area (Å²) >= 11 is 0. The van der Waals surface area contributed by atoms with Gasteiger partial charge in [-0.15, -0.1) is 0 Å². The van der Waals surface area contributed by atoms with E-state index in [2.05, 4.69) is 16.0 Å². The molecule has 1 aromatic heterocycles. The summed E-state index contributed by atoms with van der Waals surface area (Å²) in [6.07, 6.45) is 10.1. The number of guanidine groups is 1. The minimum Gasteiger partial charge on any atom is -0.370 e. The van der Waals surface area contributed by atoms with Crippen molar-refractivity contribution in [3.63, 3.8) is 0 Å². The third-order valence-corrected chi connectivity index (χ3v) is 5.08. The van der Waals surface area contributed by atoms with Crippen LogP contribution in [-0.4, -0.2) is 22.8 Å². The van der Waals surface area contributed by atoms with Gasteiger partial charge in [0.25, 0.3) is 0 Å². The molecule has 2 aromatic rings. The molecule has 0 bridgehead atoms. The van der Waals surface area contributed by atoms with Gasteiger partial charge < -0.3 is 11.5 Å². The lowest BCUT2D eigenvalue weighted by Gasteiger charge is -2.19. The van der Waals surface area contributed by atoms with Gasteiger partial charge in [-0.2, -0.15) is 0 Å². The summed E-state index contributed by atoms with van der Waals surface area (Å²) in [7, 11) is 0. The molecule has 1 aliphatic carbocycles. The maximum Gasteiger partial charge on any atom is 0.186 e. The van der Waals surface area contributed by atoms with Gasteiger partial charge in [0, 0.05) is 30.6 Å². The third-order valence-electron chi connectivity index (χ3n) is 5.08. The highest BCUT2D eigenvalue weighted by atomic mass is 16.1. The number of hydrogen-bond acceptors (Lipinski definition) is 3. The van der Waals surface area contributed by atoms with Crippen molar-refractivity contribution in [3.05, 3.63) is 42.2 Å². The van der Waals surface area contributed by atoms with Gasteiger partial charge in [0.2, 0.25) is 0 Å². The first-order valence-electron chi connectivity index (χ1n) is 9.05. The molecule has 1 heterocycles. The van der Waals surface area contributed by atoms with Crippen LogP contribution in [0.1, 0.15) is 44.1 Å². The number of pyridine rings is 1. The second-order valence-corrected chi connectivity index (χ2v) is 6.98. The molecule has 1 aromatic carbocycles. The zero-order valence-electron chi connectivity index (χ0n) is 14.5. The second kappa shape index (κ2) is 8.10. The van der Waals surface area contributed by atoms with Crippen LogP contribution in [0.2, 0.25) is 0 Å². The molecular weight excluding hydrogens is 312 g/mol. The van der Waals surface area contributed by atoms with Crippen molar-refractivity contribution in [2.75, 3.05) is 0 Å². The predicted molar refractivity (Wildman–Crippen MR) is 101 cm³/mol. The van der Waals surface area contributed by atoms with Crippen LogP contribution in [-0.2, 0) is 11.2 Å². The number of carbonyl (C=O) groups excluding carboxylic acids is 1. The molecule has 132 valence electrons. The molecule has 0 aliphatic heterocycles. The van der Waals surface area contributed by atoms with Crippen LogP contribution in [0.3, 0.4) is 0 Å². The number of ketones is 1. The molecule has 1 aliphatic rings. The number of Topliss-reactive ketones (excluding diaryl/α,β-unsaturated/α-hetero) is 1. The highest BCUT2D eigenvalue weighted by molar-refractivity contribution is 5.85. The van der Waals surface area contributed by atoms with E-state index < -0.39 is 0 Å². The Hall–Kier alpha value is -2.43. The van der Waals surface area contributed by atoms with E-state index in [-0.39, 0.29) is 17.8 Å². The number of benzene rings is 1. The number of nitrogens with zero attached hydrogens (tertiary/aromatic N) is 2. The second-order valence-electron chi connectivity index (χ2n) is 6.98. The van der Waals surface area contributed by atoms with Crippen molar-refractivity contribution in [3.8, 4) is 0 Å². The molecule has 1 atom stereocenters. The Morgan fingerprint density at radius 3 is 2.76 bits per heavy atom. The van der Waals surface area contributed by atoms with E-state index in [1.165, 1.54) is 12.8 Å². The average molecular weight is 338 g/mol. The van der Waals surface area contributed by atoms with Gasteiger partial charge in [-0.05, 0) is 42.2 Å². The van der Waals surface area contributed by atoms with E-state index >= 15 is 0 Å². The molecule has 0 radical (unpaired) electrons. The van der Waals surface area contributed by atoms with Crippen LogP contribution < -0.4 is 11.5 Å². The van der Waals surface area contributed by atoms with Gasteiger partial charge in [0.15, 0.2) is 5.96 Å². The fraction of sp³-hybridized carbons (Fsp3) is 0.450. The molecule has 0 amide bonds. The summed E-state index contributed by atoms with van der Waals surface area (Å²) in [5.41, 5.74) is 12.2. The summed E-state index contributed by atoms with van der Waals surface area (Å²) in [4.78, 5) is 20.9. The smallest absolute Gasteiger partial charge is 0.186 e. The number of rotatable bonds is 7. The zero-order valence-corrected chi connectivity index (χ0v) is 14.5. The van der Waals surface area contributed by atoms with E-state index in [1.807, 2.05) is 24.4 Å². The highest BCUT2D eigenvalue weighted by Gasteiger charge is 2.25. The first-order valence-corrected chi connectivity index (χ1v) is 9.05. The molecule has 0 saturated heterocycles. The Kier molecular flexibility index (Phi) is 5.64. The number of carbonyl (C=O) groups is 1. The Balaban J connectivity index is 1.59. The summed E-state index contributed by atoms with van der Waals surface area (Å²) in [6.45, 7) is 0. The molecule has 1 unspecified atom stereocenters. The van der Waals surface area contributed by atoms with Crippen LogP contribution >= 0.6 is 0 Å². The molecule has 1 saturated carbocycles. The van der Waals surface area contributed by atoms with Crippen molar-refractivity contribution >= 4 is 22.5 Å². The van der Waals surface area contributed by atoms with Crippen LogP contribution in [0.25, 0.3) is 10.8 Å². The van der Waals surface area contributed by atoms with Crippen molar-refractivity contribution in [1.29, 1.82) is 0 Å². The first-order chi connectivity index (χ1) is 12.1. The monoisotopic (exact) mass is 338 g/mol. The van der Waals surface area contributed by atoms with Crippen LogP contribution in [0.4, 0.5) is 0 Å². The number of nitrogens with two attached hydrogens (primary N) is 2. The summed E-state index contributed by atoms with van der Waals surface area (Å²) in [5.74, 6) is 0.887. The van der Waals surface area contributed by atoms with Gasteiger partial charge in [-0.25, -0.2) is 0 Å². The van der Waals surface area contributed by atoms with Crippen molar-refractivity contribution < 1.29 is 4.79 Å². The zero-order chi connectivity index (χ0) is 17.6. The normalized spacial score (nSPS) is 16.0. The molecule has 1 fully saturated rings. The Bertz CT molecular complexity index is 761. The lowest BCUT2D eigenvalue weighted by atomic mass is 9.92. The van der Waals surface area contributed by atoms with Gasteiger partial charge in [0.05, 0.1) is 6.04 Å². The summed E-state index contributed by atoms with van der Waals surface area (Å²) < 4.78 is 0. The Morgan fingerprint density at radius 1 is 1.20 bits per heavy atom. The van der Waals surface area contributed by atoms with Crippen molar-refractivity contribution in [1.82, 2.24) is 4.98 Å². The van der Waals surface area contributed by atoms with E-state index in [1.54, 1.807) is 6.20 Å². The minimum atomic E-state index is 0.0825. The van der Waals surface area contributed by atoms with Gasteiger partial charge in [-0.1, -0.05) is 31.0 Å². The first kappa shape index (κ1) is 17.4. The standard InChI is InChI=1S/C20H26N4O/c21-20(22)24-19(15-3-1-2-4-15)8-7-18(25)12-14-5-6-17-13-23-10-9-16(17)11-14/h5-6,9-11,13,15,19H,1-4,7-8,12H2,(H4,21,22,24). The quantitative estimate of drug-likeness (QED) is 0.599. The fourth-order valence-corrected chi connectivity index (χ4v) is 3.81. The van der Waals surface area contributed by atoms with Gasteiger partial charge in [0.1, 0.15) is 5.78 Å². The summed E-state index contributed by atoms with van der Waals surface area (Å²) in [5, 5.41) is 2.21. The van der Waals surface area contributed by atoms with Gasteiger partial charge in [-0.3, -0.25) is 14.8 Å². The SMILES string of the molecule is NC(N)=NC(CCC(=O)Cc1ccc2cnccc2c1)C1CCCC1. The molecule has 25 heavy (non-hydrogen) atoms. The van der Waals surface area contributed by atoms with E-state index in [9.17, 15) is 4.79 Å². The van der Waals surface area contributed by atoms with E-state index in [0.29, 0.717) is 18.8 Å². The molecule has 5 nitrogen and oxygen atoms in total. The number of aromatic nitrogens is 1. The predicted octanol–water partition coefficient (Wildman–Crippen LogP) is 2.96. The average Bonchev–Trinajstić information content (AvgIpc) is 3.12. The third kappa shape index (κ3) is 4.78. The molecule has 4 N–H and O–H groups in total. The van der Waals surface area contributed by atoms with Crippen LogP contribution in [0.15, 0.2) is 41.7 Å². The van der Waals surface area contributed by atoms with Gasteiger partial charge >= 0.3 is 0 Å². The highest BCUT2D eigenvalue weighted by Crippen LogP contribution is 2.31. The topological polar surface area (TPSA) is 94.4 Å². The van der Waals surface area contributed by atoms with Crippen molar-refractivity contribution in [2.24, 2.45) is 22.4 Å². The number of hydrogen-bond donors (Lipinski definition) is 2. The van der Waals surface area contributed by atoms with Crippen LogP contribution in [0, 0.1) is 5.92 Å². The van der Waals surface area contributed by atoms with Crippen molar-refractivity contribution in [2.45, 2.75) is 51.0 Å². The molecule has 0 spiro atoms. The minimum absolute atomic E-state index is 0.0825. The summed E-state index contributed by atoms with van der Waals surface area (Å²) in [6, 6.07) is 8.15. The maximum atomic E-state index is 12.4. The lowest BCUT2D eigenvalue weighted by Crippen LogP contribution is -2.28.